The molecule has 2 N–H and O–H groups in total. The maximum atomic E-state index is 14.6. The van der Waals surface area contributed by atoms with Crippen LogP contribution in [0.5, 0.6) is 0 Å². The topological polar surface area (TPSA) is 97.5 Å². The van der Waals surface area contributed by atoms with Gasteiger partial charge >= 0.3 is 6.43 Å². The molecule has 1 aromatic carbocycles. The minimum atomic E-state index is -3.27. The quantitative estimate of drug-likeness (QED) is 0.403. The second-order valence-electron chi connectivity index (χ2n) is 8.22. The molecule has 0 bridgehead atoms. The summed E-state index contributed by atoms with van der Waals surface area (Å²) in [5, 5.41) is 14.6. The Balaban J connectivity index is 1.51. The first kappa shape index (κ1) is 22.2. The van der Waals surface area contributed by atoms with Gasteiger partial charge in [0.05, 0.1) is 12.6 Å². The van der Waals surface area contributed by atoms with Crippen molar-refractivity contribution in [1.82, 2.24) is 9.80 Å². The van der Waals surface area contributed by atoms with Gasteiger partial charge in [0.1, 0.15) is 5.82 Å². The molecular weight excluding hydrogens is 439 g/mol. The van der Waals surface area contributed by atoms with Crippen LogP contribution in [-0.2, 0) is 16.1 Å². The number of nitrogens with one attached hydrogen (secondary N) is 2. The molecule has 0 aromatic heterocycles. The smallest absolute Gasteiger partial charge is 0.312 e. The molecule has 3 aliphatic rings. The molecule has 0 spiro atoms. The number of fused-ring (bicyclic) bond motifs is 1. The molecular formula is C20H19F5N4O3. The first-order valence-corrected chi connectivity index (χ1v) is 9.90. The molecule has 1 saturated heterocycles. The third-order valence-electron chi connectivity index (χ3n) is 5.75. The molecule has 1 aromatic rings. The summed E-state index contributed by atoms with van der Waals surface area (Å²) in [6.45, 7) is -1.14. The minimum Gasteiger partial charge on any atom is -0.419 e. The molecule has 1 saturated carbocycles. The summed E-state index contributed by atoms with van der Waals surface area (Å²) in [5.74, 6) is -7.72. The average molecular weight is 458 g/mol. The van der Waals surface area contributed by atoms with Gasteiger partial charge in [-0.25, -0.2) is 13.2 Å². The van der Waals surface area contributed by atoms with Crippen molar-refractivity contribution in [3.05, 3.63) is 34.6 Å². The highest BCUT2D eigenvalue weighted by Gasteiger charge is 2.50. The highest BCUT2D eigenvalue weighted by atomic mass is 19.3. The first-order chi connectivity index (χ1) is 15.0. The van der Waals surface area contributed by atoms with E-state index in [2.05, 4.69) is 4.74 Å². The second kappa shape index (κ2) is 7.82. The fourth-order valence-corrected chi connectivity index (χ4v) is 4.05. The van der Waals surface area contributed by atoms with E-state index in [9.17, 15) is 31.5 Å². The highest BCUT2D eigenvalue weighted by Crippen LogP contribution is 2.39. The van der Waals surface area contributed by atoms with Crippen molar-refractivity contribution in [2.45, 2.75) is 44.2 Å². The summed E-state index contributed by atoms with van der Waals surface area (Å²) in [6.07, 6.45) is -2.58. The summed E-state index contributed by atoms with van der Waals surface area (Å²) < 4.78 is 71.9. The van der Waals surface area contributed by atoms with Crippen molar-refractivity contribution in [3.8, 4) is 0 Å². The molecule has 2 heterocycles. The molecule has 1 atom stereocenters. The van der Waals surface area contributed by atoms with E-state index in [-0.39, 0.29) is 41.6 Å². The number of carbonyl (C=O) groups is 2. The number of hydrogen-bond donors (Lipinski definition) is 2. The Hall–Kier alpha value is -3.05. The standard InChI is InChI=1S/C20H19F5N4O3/c21-14-4-10(16(26)32-17(27)15(22)23)3-12-13(14)7-28(19(12)31)6-11-5-20(24,25)8-29(11)18(30)9-1-2-9/h3-4,9,11,15,26-27H,1-2,5-8H2/t11-/m1/s1. The first-order valence-electron chi connectivity index (χ1n) is 9.90. The molecule has 12 heteroatoms. The molecule has 0 unspecified atom stereocenters. The lowest BCUT2D eigenvalue weighted by Gasteiger charge is -2.28. The SMILES string of the molecule is N=C(OC(=N)C(F)F)c1cc(F)c2c(c1)C(=O)N(C[C@H]1CC(F)(F)CN1C(=O)C1CC1)C2. The van der Waals surface area contributed by atoms with E-state index in [0.29, 0.717) is 12.8 Å². The molecule has 32 heavy (non-hydrogen) atoms. The van der Waals surface area contributed by atoms with Gasteiger partial charge in [0.15, 0.2) is 0 Å². The Morgan fingerprint density at radius 1 is 1.25 bits per heavy atom. The fourth-order valence-electron chi connectivity index (χ4n) is 4.05. The zero-order valence-corrected chi connectivity index (χ0v) is 16.6. The van der Waals surface area contributed by atoms with E-state index in [1.807, 2.05) is 0 Å². The lowest BCUT2D eigenvalue weighted by Crippen LogP contribution is -2.44. The van der Waals surface area contributed by atoms with Crippen LogP contribution in [0.4, 0.5) is 22.0 Å². The summed E-state index contributed by atoms with van der Waals surface area (Å²) in [7, 11) is 0. The van der Waals surface area contributed by atoms with Crippen molar-refractivity contribution < 1.29 is 36.3 Å². The molecule has 7 nitrogen and oxygen atoms in total. The fraction of sp³-hybridized carbons (Fsp3) is 0.500. The Morgan fingerprint density at radius 2 is 1.94 bits per heavy atom. The van der Waals surface area contributed by atoms with Gasteiger partial charge in [0.2, 0.25) is 11.8 Å². The van der Waals surface area contributed by atoms with E-state index < -0.39 is 54.9 Å². The number of likely N-dealkylation sites (tertiary alicyclic amines) is 1. The zero-order chi connectivity index (χ0) is 23.4. The number of alkyl halides is 4. The molecule has 4 rings (SSSR count). The van der Waals surface area contributed by atoms with Crippen LogP contribution < -0.4 is 0 Å². The average Bonchev–Trinajstić information content (AvgIpc) is 3.45. The molecule has 172 valence electrons. The Bertz CT molecular complexity index is 1010. The van der Waals surface area contributed by atoms with Crippen LogP contribution in [0.2, 0.25) is 0 Å². The Morgan fingerprint density at radius 3 is 2.56 bits per heavy atom. The van der Waals surface area contributed by atoms with E-state index in [4.69, 9.17) is 10.8 Å². The molecule has 2 fully saturated rings. The van der Waals surface area contributed by atoms with Gasteiger partial charge in [-0.2, -0.15) is 8.78 Å². The zero-order valence-electron chi connectivity index (χ0n) is 16.6. The van der Waals surface area contributed by atoms with E-state index >= 15 is 0 Å². The molecule has 2 aliphatic heterocycles. The van der Waals surface area contributed by atoms with Crippen LogP contribution in [0.15, 0.2) is 12.1 Å². The largest absolute Gasteiger partial charge is 0.419 e. The van der Waals surface area contributed by atoms with E-state index in [0.717, 1.165) is 21.9 Å². The number of ether oxygens (including phenoxy) is 1. The van der Waals surface area contributed by atoms with Gasteiger partial charge in [-0.05, 0) is 25.0 Å². The molecule has 1 aliphatic carbocycles. The van der Waals surface area contributed by atoms with Gasteiger partial charge in [0.25, 0.3) is 17.7 Å². The Labute approximate surface area is 179 Å². The lowest BCUT2D eigenvalue weighted by molar-refractivity contribution is -0.134. The summed E-state index contributed by atoms with van der Waals surface area (Å²) >= 11 is 0. The third-order valence-corrected chi connectivity index (χ3v) is 5.75. The normalized spacial score (nSPS) is 21.8. The number of halogens is 5. The predicted octanol–water partition coefficient (Wildman–Crippen LogP) is 3.01. The second-order valence-corrected chi connectivity index (χ2v) is 8.22. The minimum absolute atomic E-state index is 0.0275. The number of rotatable bonds is 5. The summed E-state index contributed by atoms with van der Waals surface area (Å²) in [4.78, 5) is 27.5. The van der Waals surface area contributed by atoms with Crippen LogP contribution in [0.3, 0.4) is 0 Å². The number of benzene rings is 1. The third kappa shape index (κ3) is 4.17. The van der Waals surface area contributed by atoms with Crippen molar-refractivity contribution >= 4 is 23.6 Å². The number of carbonyl (C=O) groups excluding carboxylic acids is 2. The highest BCUT2D eigenvalue weighted by molar-refractivity contribution is 6.04. The van der Waals surface area contributed by atoms with E-state index in [1.54, 1.807) is 0 Å². The monoisotopic (exact) mass is 458 g/mol. The predicted molar refractivity (Wildman–Crippen MR) is 101 cm³/mol. The van der Waals surface area contributed by atoms with Crippen LogP contribution in [-0.4, -0.2) is 64.9 Å². The van der Waals surface area contributed by atoms with Crippen LogP contribution >= 0.6 is 0 Å². The van der Waals surface area contributed by atoms with Gasteiger partial charge in [-0.3, -0.25) is 20.4 Å². The summed E-state index contributed by atoms with van der Waals surface area (Å²) in [6, 6.07) is 0.994. The number of hydrogen-bond acceptors (Lipinski definition) is 5. The van der Waals surface area contributed by atoms with Crippen molar-refractivity contribution in [1.29, 1.82) is 10.8 Å². The Kier molecular flexibility index (Phi) is 5.41. The lowest BCUT2D eigenvalue weighted by atomic mass is 10.1. The van der Waals surface area contributed by atoms with Gasteiger partial charge in [0, 0.05) is 42.1 Å². The molecule has 0 radical (unpaired) electrons. The maximum Gasteiger partial charge on any atom is 0.312 e. The van der Waals surface area contributed by atoms with Crippen LogP contribution in [0.25, 0.3) is 0 Å². The molecule has 2 amide bonds. The number of nitrogens with zero attached hydrogens (tertiary/aromatic N) is 2. The van der Waals surface area contributed by atoms with Gasteiger partial charge < -0.3 is 14.5 Å². The van der Waals surface area contributed by atoms with Gasteiger partial charge in [-0.1, -0.05) is 0 Å². The summed E-state index contributed by atoms with van der Waals surface area (Å²) in [5.41, 5.74) is -0.498. The van der Waals surface area contributed by atoms with E-state index in [1.165, 1.54) is 0 Å². The van der Waals surface area contributed by atoms with Crippen molar-refractivity contribution in [2.75, 3.05) is 13.1 Å². The maximum absolute atomic E-state index is 14.6. The van der Waals surface area contributed by atoms with Crippen molar-refractivity contribution in [3.63, 3.8) is 0 Å². The van der Waals surface area contributed by atoms with Crippen LogP contribution in [0.1, 0.15) is 40.7 Å². The van der Waals surface area contributed by atoms with Gasteiger partial charge in [-0.15, -0.1) is 0 Å². The van der Waals surface area contributed by atoms with Crippen LogP contribution in [0, 0.1) is 22.6 Å². The number of amides is 2. The van der Waals surface area contributed by atoms with Crippen molar-refractivity contribution in [2.24, 2.45) is 5.92 Å².